The normalized spacial score (nSPS) is 17.3. The molecule has 10 heteroatoms. The second-order valence-corrected chi connectivity index (χ2v) is 8.06. The number of unbranched alkanes of at least 4 members (excludes halogenated alkanes) is 1. The number of imide groups is 2. The van der Waals surface area contributed by atoms with Gasteiger partial charge in [-0.15, -0.1) is 0 Å². The van der Waals surface area contributed by atoms with E-state index in [1.54, 1.807) is 30.3 Å². The summed E-state index contributed by atoms with van der Waals surface area (Å²) >= 11 is 0. The minimum Gasteiger partial charge on any atom is -0.384 e. The minimum absolute atomic E-state index is 0.0757. The summed E-state index contributed by atoms with van der Waals surface area (Å²) in [5.74, 6) is -2.13. The van der Waals surface area contributed by atoms with E-state index < -0.39 is 29.7 Å². The number of fused-ring (bicyclic) bond motifs is 1. The van der Waals surface area contributed by atoms with Gasteiger partial charge in [0.15, 0.2) is 0 Å². The summed E-state index contributed by atoms with van der Waals surface area (Å²) in [5.41, 5.74) is 1.70. The molecule has 34 heavy (non-hydrogen) atoms. The molecule has 0 aliphatic carbocycles. The average Bonchev–Trinajstić information content (AvgIpc) is 3.07. The highest BCUT2D eigenvalue weighted by atomic mass is 16.2. The molecule has 10 nitrogen and oxygen atoms in total. The van der Waals surface area contributed by atoms with Crippen LogP contribution in [0.5, 0.6) is 0 Å². The van der Waals surface area contributed by atoms with Crippen molar-refractivity contribution in [3.63, 3.8) is 0 Å². The third kappa shape index (κ3) is 4.90. The molecule has 2 aromatic rings. The van der Waals surface area contributed by atoms with E-state index in [-0.39, 0.29) is 30.0 Å². The van der Waals surface area contributed by atoms with Crippen LogP contribution in [0.15, 0.2) is 48.5 Å². The summed E-state index contributed by atoms with van der Waals surface area (Å²) in [6, 6.07) is 12.8. The standard InChI is InChI=1S/C24H25N5O5/c30-19-12-11-18(21(31)28-19)29-22(32)16-9-6-10-17(20(16)23(29)33)25-13-4-5-14-26-24(34)27-15-7-2-1-3-8-15/h1-3,6-10,18,25H,4-5,11-14H2,(H2,26,27,34)(H,28,30,31). The van der Waals surface area contributed by atoms with E-state index in [0.29, 0.717) is 37.3 Å². The summed E-state index contributed by atoms with van der Waals surface area (Å²) in [5, 5.41) is 10.9. The summed E-state index contributed by atoms with van der Waals surface area (Å²) < 4.78 is 0. The number of carbonyl (C=O) groups excluding carboxylic acids is 5. The maximum Gasteiger partial charge on any atom is 0.319 e. The Morgan fingerprint density at radius 2 is 1.71 bits per heavy atom. The first-order chi connectivity index (χ1) is 16.5. The molecule has 0 spiro atoms. The molecule has 0 radical (unpaired) electrons. The van der Waals surface area contributed by atoms with Crippen molar-refractivity contribution < 1.29 is 24.0 Å². The van der Waals surface area contributed by atoms with Gasteiger partial charge in [0.2, 0.25) is 11.8 Å². The number of para-hydroxylation sites is 1. The van der Waals surface area contributed by atoms with Crippen LogP contribution in [0.2, 0.25) is 0 Å². The third-order valence-electron chi connectivity index (χ3n) is 5.70. The molecular weight excluding hydrogens is 438 g/mol. The summed E-state index contributed by atoms with van der Waals surface area (Å²) in [6.07, 6.45) is 1.61. The molecule has 176 valence electrons. The molecule has 2 heterocycles. The van der Waals surface area contributed by atoms with Crippen LogP contribution in [-0.2, 0) is 9.59 Å². The van der Waals surface area contributed by atoms with E-state index in [9.17, 15) is 24.0 Å². The summed E-state index contributed by atoms with van der Waals surface area (Å²) in [7, 11) is 0. The molecule has 2 aromatic carbocycles. The first kappa shape index (κ1) is 23.0. The number of nitrogens with zero attached hydrogens (tertiary/aromatic N) is 1. The lowest BCUT2D eigenvalue weighted by atomic mass is 10.0. The largest absolute Gasteiger partial charge is 0.384 e. The van der Waals surface area contributed by atoms with Crippen LogP contribution in [0.3, 0.4) is 0 Å². The lowest BCUT2D eigenvalue weighted by molar-refractivity contribution is -0.136. The molecular formula is C24H25N5O5. The number of urea groups is 1. The minimum atomic E-state index is -0.994. The maximum absolute atomic E-state index is 13.1. The monoisotopic (exact) mass is 463 g/mol. The Balaban J connectivity index is 1.28. The molecule has 0 saturated carbocycles. The zero-order chi connectivity index (χ0) is 24.1. The van der Waals surface area contributed by atoms with Gasteiger partial charge in [0.05, 0.1) is 11.1 Å². The number of hydrogen-bond acceptors (Lipinski definition) is 6. The Bertz CT molecular complexity index is 1130. The number of benzene rings is 2. The van der Waals surface area contributed by atoms with Gasteiger partial charge in [-0.1, -0.05) is 24.3 Å². The number of hydrogen-bond donors (Lipinski definition) is 4. The lowest BCUT2D eigenvalue weighted by Gasteiger charge is -2.27. The van der Waals surface area contributed by atoms with E-state index in [1.165, 1.54) is 0 Å². The zero-order valence-electron chi connectivity index (χ0n) is 18.4. The fourth-order valence-corrected chi connectivity index (χ4v) is 4.03. The number of nitrogens with one attached hydrogen (secondary N) is 4. The second kappa shape index (κ2) is 10.2. The Morgan fingerprint density at radius 1 is 0.941 bits per heavy atom. The number of anilines is 2. The number of amides is 6. The van der Waals surface area contributed by atoms with E-state index in [2.05, 4.69) is 21.3 Å². The third-order valence-corrected chi connectivity index (χ3v) is 5.70. The molecule has 1 unspecified atom stereocenters. The second-order valence-electron chi connectivity index (χ2n) is 8.06. The van der Waals surface area contributed by atoms with Gasteiger partial charge in [-0.2, -0.15) is 0 Å². The topological polar surface area (TPSA) is 137 Å². The van der Waals surface area contributed by atoms with E-state index >= 15 is 0 Å². The van der Waals surface area contributed by atoms with Crippen molar-refractivity contribution in [1.29, 1.82) is 0 Å². The molecule has 2 aliphatic heterocycles. The van der Waals surface area contributed by atoms with E-state index in [0.717, 1.165) is 4.90 Å². The number of rotatable bonds is 8. The predicted octanol–water partition coefficient (Wildman–Crippen LogP) is 2.10. The molecule has 4 N–H and O–H groups in total. The van der Waals surface area contributed by atoms with Crippen LogP contribution < -0.4 is 21.3 Å². The smallest absolute Gasteiger partial charge is 0.319 e. The Morgan fingerprint density at radius 3 is 2.47 bits per heavy atom. The molecule has 1 fully saturated rings. The molecule has 1 atom stereocenters. The fourth-order valence-electron chi connectivity index (χ4n) is 4.03. The molecule has 2 aliphatic rings. The summed E-state index contributed by atoms with van der Waals surface area (Å²) in [6.45, 7) is 1.01. The van der Waals surface area contributed by atoms with Crippen molar-refractivity contribution in [3.05, 3.63) is 59.7 Å². The van der Waals surface area contributed by atoms with Crippen LogP contribution in [0.1, 0.15) is 46.4 Å². The van der Waals surface area contributed by atoms with Gasteiger partial charge in [-0.25, -0.2) is 4.79 Å². The van der Waals surface area contributed by atoms with E-state index in [1.807, 2.05) is 18.2 Å². The van der Waals surface area contributed by atoms with Crippen LogP contribution in [0, 0.1) is 0 Å². The quantitative estimate of drug-likeness (QED) is 0.350. The van der Waals surface area contributed by atoms with Crippen LogP contribution in [-0.4, -0.2) is 53.7 Å². The Hall–Kier alpha value is -4.21. The first-order valence-corrected chi connectivity index (χ1v) is 11.1. The van der Waals surface area contributed by atoms with Crippen molar-refractivity contribution in [1.82, 2.24) is 15.5 Å². The highest BCUT2D eigenvalue weighted by Gasteiger charge is 2.45. The summed E-state index contributed by atoms with van der Waals surface area (Å²) in [4.78, 5) is 62.4. The van der Waals surface area contributed by atoms with Gasteiger partial charge >= 0.3 is 6.03 Å². The van der Waals surface area contributed by atoms with Gasteiger partial charge < -0.3 is 16.0 Å². The van der Waals surface area contributed by atoms with Gasteiger partial charge in [0.1, 0.15) is 6.04 Å². The number of piperidine rings is 1. The van der Waals surface area contributed by atoms with Gasteiger partial charge in [0.25, 0.3) is 11.8 Å². The molecule has 4 rings (SSSR count). The highest BCUT2D eigenvalue weighted by Crippen LogP contribution is 2.32. The predicted molar refractivity (Wildman–Crippen MR) is 124 cm³/mol. The van der Waals surface area contributed by atoms with Crippen LogP contribution >= 0.6 is 0 Å². The van der Waals surface area contributed by atoms with Crippen molar-refractivity contribution in [2.24, 2.45) is 0 Å². The molecule has 6 amide bonds. The van der Waals surface area contributed by atoms with Crippen LogP contribution in [0.4, 0.5) is 16.2 Å². The Kier molecular flexibility index (Phi) is 6.86. The SMILES string of the molecule is O=C1CCC(N2C(=O)c3cccc(NCCCCNC(=O)Nc4ccccc4)c3C2=O)C(=O)N1. The fraction of sp³-hybridized carbons (Fsp3) is 0.292. The van der Waals surface area contributed by atoms with Crippen molar-refractivity contribution >= 4 is 41.0 Å². The average molecular weight is 463 g/mol. The van der Waals surface area contributed by atoms with Crippen molar-refractivity contribution in [3.8, 4) is 0 Å². The Labute approximate surface area is 196 Å². The highest BCUT2D eigenvalue weighted by molar-refractivity contribution is 6.25. The maximum atomic E-state index is 13.1. The van der Waals surface area contributed by atoms with E-state index in [4.69, 9.17) is 0 Å². The zero-order valence-corrected chi connectivity index (χ0v) is 18.4. The van der Waals surface area contributed by atoms with Crippen molar-refractivity contribution in [2.75, 3.05) is 23.7 Å². The van der Waals surface area contributed by atoms with Gasteiger partial charge in [0, 0.05) is 30.9 Å². The van der Waals surface area contributed by atoms with Gasteiger partial charge in [-0.05, 0) is 43.5 Å². The first-order valence-electron chi connectivity index (χ1n) is 11.1. The van der Waals surface area contributed by atoms with Crippen molar-refractivity contribution in [2.45, 2.75) is 31.7 Å². The number of carbonyl (C=O) groups is 5. The molecule has 0 aromatic heterocycles. The molecule has 0 bridgehead atoms. The molecule has 1 saturated heterocycles. The van der Waals surface area contributed by atoms with Crippen LogP contribution in [0.25, 0.3) is 0 Å². The van der Waals surface area contributed by atoms with Gasteiger partial charge in [-0.3, -0.25) is 29.4 Å². The lowest BCUT2D eigenvalue weighted by Crippen LogP contribution is -2.54.